The van der Waals surface area contributed by atoms with Gasteiger partial charge in [0.25, 0.3) is 0 Å². The molecule has 0 aliphatic rings. The summed E-state index contributed by atoms with van der Waals surface area (Å²) in [6, 6.07) is 19.6. The molecule has 0 saturated carbocycles. The maximum atomic E-state index is 14.1. The highest BCUT2D eigenvalue weighted by Crippen LogP contribution is 2.39. The van der Waals surface area contributed by atoms with E-state index in [0.29, 0.717) is 11.2 Å². The number of benzene rings is 3. The van der Waals surface area contributed by atoms with Crippen LogP contribution >= 0.6 is 22.9 Å². The average Bonchev–Trinajstić information content (AvgIpc) is 3.01. The van der Waals surface area contributed by atoms with Crippen molar-refractivity contribution in [3.05, 3.63) is 66.5 Å². The van der Waals surface area contributed by atoms with E-state index >= 15 is 0 Å². The maximum Gasteiger partial charge on any atom is 0.171 e. The van der Waals surface area contributed by atoms with Crippen LogP contribution in [0.25, 0.3) is 21.9 Å². The van der Waals surface area contributed by atoms with Crippen molar-refractivity contribution in [1.82, 2.24) is 0 Å². The molecule has 1 aromatic heterocycles. The smallest absolute Gasteiger partial charge is 0.171 e. The normalized spacial score (nSPS) is 11.6. The summed E-state index contributed by atoms with van der Waals surface area (Å²) < 4.78 is 22.1. The van der Waals surface area contributed by atoms with E-state index in [4.69, 9.17) is 4.42 Å². The zero-order chi connectivity index (χ0) is 17.6. The Morgan fingerprint density at radius 3 is 2.20 bits per heavy atom. The summed E-state index contributed by atoms with van der Waals surface area (Å²) >= 11 is 2.27. The minimum Gasteiger partial charge on any atom is -0.451 e. The molecule has 0 amide bonds. The zero-order valence-corrected chi connectivity index (χ0v) is 17.0. The molecule has 0 aliphatic carbocycles. The van der Waals surface area contributed by atoms with Gasteiger partial charge in [0.1, 0.15) is 0 Å². The number of nitrogens with zero attached hydrogens (tertiary/aromatic N) is 1. The minimum absolute atomic E-state index is 0.314. The average molecular weight is 460 g/mol. The molecular formula is C20H16FINOSi. The Morgan fingerprint density at radius 1 is 0.880 bits per heavy atom. The number of anilines is 2. The van der Waals surface area contributed by atoms with Crippen molar-refractivity contribution in [3.8, 4) is 0 Å². The Labute approximate surface area is 161 Å². The van der Waals surface area contributed by atoms with E-state index < -0.39 is 8.80 Å². The summed E-state index contributed by atoms with van der Waals surface area (Å²) in [7, 11) is -0.455. The van der Waals surface area contributed by atoms with Crippen LogP contribution in [-0.2, 0) is 0 Å². The fraction of sp³-hybridized carbons (Fsp3) is 0.100. The van der Waals surface area contributed by atoms with Crippen LogP contribution in [0.4, 0.5) is 15.8 Å². The number of fused-ring (bicyclic) bond motifs is 3. The van der Waals surface area contributed by atoms with Gasteiger partial charge in [-0.2, -0.15) is 0 Å². The lowest BCUT2D eigenvalue weighted by molar-refractivity contribution is 0.584. The Bertz CT molecular complexity index is 1060. The Kier molecular flexibility index (Phi) is 4.29. The molecule has 1 radical (unpaired) electrons. The Hall–Kier alpha value is -1.86. The van der Waals surface area contributed by atoms with Crippen molar-refractivity contribution in [3.63, 3.8) is 0 Å². The standard InChI is InChI=1S/C20H16FINOSi/c1-25(2)14-11-9-13(10-12-14)23(22)18-8-4-6-16-15-5-3-7-17(21)19(15)24-20(16)18/h3-12H,1-2H3. The van der Waals surface area contributed by atoms with E-state index in [9.17, 15) is 4.39 Å². The minimum atomic E-state index is -0.455. The topological polar surface area (TPSA) is 16.4 Å². The maximum absolute atomic E-state index is 14.1. The van der Waals surface area contributed by atoms with Gasteiger partial charge in [0.2, 0.25) is 0 Å². The van der Waals surface area contributed by atoms with Gasteiger partial charge in [-0.3, -0.25) is 3.11 Å². The van der Waals surface area contributed by atoms with Gasteiger partial charge >= 0.3 is 0 Å². The van der Waals surface area contributed by atoms with Gasteiger partial charge in [0.05, 0.1) is 43.0 Å². The zero-order valence-electron chi connectivity index (χ0n) is 13.9. The molecule has 2 nitrogen and oxygen atoms in total. The number of halogens is 2. The fourth-order valence-corrected chi connectivity index (χ4v) is 4.53. The van der Waals surface area contributed by atoms with E-state index in [-0.39, 0.29) is 5.82 Å². The predicted molar refractivity (Wildman–Crippen MR) is 113 cm³/mol. The second kappa shape index (κ2) is 6.46. The Balaban J connectivity index is 1.85. The molecule has 3 aromatic carbocycles. The number of para-hydroxylation sites is 2. The Morgan fingerprint density at radius 2 is 1.52 bits per heavy atom. The van der Waals surface area contributed by atoms with Gasteiger partial charge in [0, 0.05) is 10.8 Å². The van der Waals surface area contributed by atoms with Crippen LogP contribution in [-0.4, -0.2) is 8.80 Å². The molecular weight excluding hydrogens is 444 g/mol. The van der Waals surface area contributed by atoms with Gasteiger partial charge in [-0.1, -0.05) is 54.7 Å². The van der Waals surface area contributed by atoms with Gasteiger partial charge in [-0.25, -0.2) is 4.39 Å². The highest BCUT2D eigenvalue weighted by Gasteiger charge is 2.17. The molecule has 0 atom stereocenters. The van der Waals surface area contributed by atoms with Crippen molar-refractivity contribution < 1.29 is 8.81 Å². The molecule has 4 rings (SSSR count). The summed E-state index contributed by atoms with van der Waals surface area (Å²) in [6.07, 6.45) is 0. The number of rotatable bonds is 3. The molecule has 0 spiro atoms. The highest BCUT2D eigenvalue weighted by atomic mass is 127. The molecule has 0 saturated heterocycles. The van der Waals surface area contributed by atoms with Crippen molar-refractivity contribution in [2.24, 2.45) is 0 Å². The van der Waals surface area contributed by atoms with E-state index in [2.05, 4.69) is 63.3 Å². The van der Waals surface area contributed by atoms with Crippen LogP contribution < -0.4 is 8.30 Å². The van der Waals surface area contributed by atoms with Crippen molar-refractivity contribution in [1.29, 1.82) is 0 Å². The third-order valence-corrected chi connectivity index (χ3v) is 6.90. The number of hydrogen-bond acceptors (Lipinski definition) is 2. The van der Waals surface area contributed by atoms with Gasteiger partial charge < -0.3 is 4.42 Å². The van der Waals surface area contributed by atoms with Gasteiger partial charge in [0.15, 0.2) is 17.0 Å². The molecule has 0 aliphatic heterocycles. The number of hydrogen-bond donors (Lipinski definition) is 0. The first-order valence-corrected chi connectivity index (χ1v) is 11.5. The molecule has 0 bridgehead atoms. The lowest BCUT2D eigenvalue weighted by Gasteiger charge is -2.17. The molecule has 4 aromatic rings. The van der Waals surface area contributed by atoms with Crippen LogP contribution in [0.5, 0.6) is 0 Å². The van der Waals surface area contributed by atoms with Crippen molar-refractivity contribution in [2.75, 3.05) is 3.11 Å². The lowest BCUT2D eigenvalue weighted by Crippen LogP contribution is -2.22. The molecule has 0 fully saturated rings. The van der Waals surface area contributed by atoms with E-state index in [0.717, 1.165) is 22.1 Å². The molecule has 5 heteroatoms. The molecule has 1 heterocycles. The summed E-state index contributed by atoms with van der Waals surface area (Å²) in [5.74, 6) is -0.329. The fourth-order valence-electron chi connectivity index (χ4n) is 2.99. The summed E-state index contributed by atoms with van der Waals surface area (Å²) in [4.78, 5) is 0. The lowest BCUT2D eigenvalue weighted by atomic mass is 10.1. The summed E-state index contributed by atoms with van der Waals surface area (Å²) in [6.45, 7) is 4.57. The number of furan rings is 1. The monoisotopic (exact) mass is 460 g/mol. The molecule has 25 heavy (non-hydrogen) atoms. The molecule has 0 unspecified atom stereocenters. The van der Waals surface area contributed by atoms with E-state index in [1.807, 2.05) is 24.3 Å². The molecule has 0 N–H and O–H groups in total. The van der Waals surface area contributed by atoms with Crippen LogP contribution in [0.3, 0.4) is 0 Å². The molecule has 125 valence electrons. The van der Waals surface area contributed by atoms with E-state index in [1.165, 1.54) is 11.3 Å². The second-order valence-electron chi connectivity index (χ2n) is 6.20. The van der Waals surface area contributed by atoms with Crippen LogP contribution in [0.1, 0.15) is 0 Å². The second-order valence-corrected chi connectivity index (χ2v) is 9.74. The van der Waals surface area contributed by atoms with Gasteiger partial charge in [-0.05, 0) is 24.3 Å². The van der Waals surface area contributed by atoms with Crippen molar-refractivity contribution >= 4 is 70.2 Å². The van der Waals surface area contributed by atoms with Crippen LogP contribution in [0.2, 0.25) is 13.1 Å². The first kappa shape index (κ1) is 16.6. The predicted octanol–water partition coefficient (Wildman–Crippen LogP) is 6.17. The quantitative estimate of drug-likeness (QED) is 0.206. The third-order valence-electron chi connectivity index (χ3n) is 4.34. The largest absolute Gasteiger partial charge is 0.451 e. The first-order chi connectivity index (χ1) is 12.1. The SMILES string of the molecule is C[Si](C)c1ccc(N(I)c2cccc3c2oc2c(F)cccc23)cc1. The summed E-state index contributed by atoms with van der Waals surface area (Å²) in [5, 5.41) is 3.14. The highest BCUT2D eigenvalue weighted by molar-refractivity contribution is 14.1. The van der Waals surface area contributed by atoms with Gasteiger partial charge in [-0.15, -0.1) is 0 Å². The van der Waals surface area contributed by atoms with Crippen molar-refractivity contribution in [2.45, 2.75) is 13.1 Å². The third kappa shape index (κ3) is 2.85. The van der Waals surface area contributed by atoms with E-state index in [1.54, 1.807) is 6.07 Å². The first-order valence-electron chi connectivity index (χ1n) is 8.02. The van der Waals surface area contributed by atoms with Crippen LogP contribution in [0.15, 0.2) is 65.1 Å². The summed E-state index contributed by atoms with van der Waals surface area (Å²) in [5.41, 5.74) is 3.01. The van der Waals surface area contributed by atoms with Crippen LogP contribution in [0, 0.1) is 5.82 Å².